The number of rotatable bonds is 17. The number of sulfone groups is 1. The van der Waals surface area contributed by atoms with E-state index in [1.54, 1.807) is 24.3 Å². The van der Waals surface area contributed by atoms with Gasteiger partial charge in [0.25, 0.3) is 8.32 Å². The Bertz CT molecular complexity index is 2010. The number of hydrogen-bond acceptors (Lipinski definition) is 8. The van der Waals surface area contributed by atoms with Crippen molar-refractivity contribution in [3.8, 4) is 0 Å². The fraction of sp³-hybridized carbons (Fsp3) is 0.577. The van der Waals surface area contributed by atoms with Crippen molar-refractivity contribution in [3.05, 3.63) is 115 Å². The molecule has 8 nitrogen and oxygen atoms in total. The van der Waals surface area contributed by atoms with Crippen molar-refractivity contribution in [1.29, 1.82) is 0 Å². The van der Waals surface area contributed by atoms with Crippen molar-refractivity contribution in [2.45, 2.75) is 158 Å². The highest BCUT2D eigenvalue weighted by molar-refractivity contribution is 7.91. The molecule has 4 fully saturated rings. The van der Waals surface area contributed by atoms with Crippen LogP contribution < -0.4 is 10.4 Å². The topological polar surface area (TPSA) is 89.5 Å². The van der Waals surface area contributed by atoms with Crippen molar-refractivity contribution < 1.29 is 36.5 Å². The van der Waals surface area contributed by atoms with E-state index in [2.05, 4.69) is 108 Å². The Morgan fingerprint density at radius 1 is 0.758 bits per heavy atom. The summed E-state index contributed by atoms with van der Waals surface area (Å²) >= 11 is 0. The first kappa shape index (κ1) is 47.0. The van der Waals surface area contributed by atoms with Crippen LogP contribution in [0.5, 0.6) is 0 Å². The lowest BCUT2D eigenvalue weighted by molar-refractivity contribution is -0.143. The third-order valence-electron chi connectivity index (χ3n) is 14.1. The van der Waals surface area contributed by atoms with Crippen LogP contribution in [0, 0.1) is 17.8 Å². The van der Waals surface area contributed by atoms with Crippen LogP contribution in [0.15, 0.2) is 120 Å². The van der Waals surface area contributed by atoms with Crippen LogP contribution in [-0.4, -0.2) is 84.2 Å². The van der Waals surface area contributed by atoms with Gasteiger partial charge in [0.15, 0.2) is 15.6 Å². The van der Waals surface area contributed by atoms with E-state index in [-0.39, 0.29) is 71.3 Å². The molecule has 4 saturated heterocycles. The third-order valence-corrected chi connectivity index (χ3v) is 20.9. The first-order valence-corrected chi connectivity index (χ1v) is 26.7. The highest BCUT2D eigenvalue weighted by atomic mass is 32.2. The molecule has 0 radical (unpaired) electrons. The molecule has 4 aliphatic heterocycles. The average molecular weight is 885 g/mol. The Morgan fingerprint density at radius 3 is 1.97 bits per heavy atom. The van der Waals surface area contributed by atoms with Crippen LogP contribution in [0.25, 0.3) is 0 Å². The minimum absolute atomic E-state index is 0.000749. The minimum atomic E-state index is -3.55. The zero-order chi connectivity index (χ0) is 44.3. The molecule has 0 aromatic heterocycles. The normalized spacial score (nSPS) is 30.6. The predicted octanol–water partition coefficient (Wildman–Crippen LogP) is 9.61. The summed E-state index contributed by atoms with van der Waals surface area (Å²) in [5, 5.41) is 2.54. The van der Waals surface area contributed by atoms with Gasteiger partial charge in [-0.25, -0.2) is 8.42 Å². The van der Waals surface area contributed by atoms with Crippen LogP contribution in [0.4, 0.5) is 0 Å². The Balaban J connectivity index is 0.950. The molecule has 0 spiro atoms. The summed E-state index contributed by atoms with van der Waals surface area (Å²) in [5.41, 5.74) is 2.22. The van der Waals surface area contributed by atoms with Gasteiger partial charge in [-0.1, -0.05) is 127 Å². The molecule has 7 rings (SSSR count). The first-order valence-electron chi connectivity index (χ1n) is 23.1. The number of benzene rings is 3. The summed E-state index contributed by atoms with van der Waals surface area (Å²) in [6.45, 7) is 25.3. The molecule has 0 aliphatic carbocycles. The molecular formula is C52H72O8SSi. The van der Waals surface area contributed by atoms with E-state index in [0.29, 0.717) is 31.0 Å². The summed E-state index contributed by atoms with van der Waals surface area (Å²) < 4.78 is 67.3. The molecule has 0 N–H and O–H groups in total. The van der Waals surface area contributed by atoms with E-state index in [4.69, 9.17) is 28.1 Å². The van der Waals surface area contributed by atoms with E-state index < -0.39 is 23.9 Å². The fourth-order valence-corrected chi connectivity index (χ4v) is 17.1. The van der Waals surface area contributed by atoms with Gasteiger partial charge in [0.05, 0.1) is 60.0 Å². The van der Waals surface area contributed by atoms with Gasteiger partial charge in [0.2, 0.25) is 0 Å². The fourth-order valence-electron chi connectivity index (χ4n) is 10.7. The molecular weight excluding hydrogens is 813 g/mol. The van der Waals surface area contributed by atoms with Gasteiger partial charge in [0.1, 0.15) is 0 Å². The van der Waals surface area contributed by atoms with E-state index in [1.807, 2.05) is 19.9 Å². The van der Waals surface area contributed by atoms with Crippen LogP contribution in [-0.2, 0) is 37.9 Å². The van der Waals surface area contributed by atoms with Crippen LogP contribution in [0.1, 0.15) is 99.8 Å². The zero-order valence-electron chi connectivity index (χ0n) is 38.3. The molecule has 0 saturated carbocycles. The maximum atomic E-state index is 13.8. The molecule has 4 heterocycles. The van der Waals surface area contributed by atoms with Gasteiger partial charge in [-0.05, 0) is 103 Å². The SMILES string of the molecule is C=C1C[C@H](CCCO[Si](c2ccccc2)(c2ccccc2)C(C)(C)C)OC1CC[C@H]1C[C@@H](C)C(=C)C(C[C@@H]2O[C@H](C[C@H]3COC(C)(C)O3)[C@H](C)[C@H]2CS(=O)(=O)c2ccccc2)O1. The van der Waals surface area contributed by atoms with Gasteiger partial charge < -0.3 is 28.1 Å². The quantitative estimate of drug-likeness (QED) is 0.0753. The summed E-state index contributed by atoms with van der Waals surface area (Å²) in [5.74, 6) is -0.578. The second-order valence-corrected chi connectivity index (χ2v) is 26.4. The standard InChI is InChI=1S/C52H72O8SSi/c1-36-30-41(27-28-47-37(2)31-40(57-47)20-19-29-56-62(51(5,6)7,44-23-15-11-16-24-44)45-25-17-12-18-26-45)58-49(38(36)3)33-50-46(35-61(53,54)43-21-13-10-14-22-43)39(4)48(59-50)32-42-34-55-52(8,9)60-42/h10-18,21-26,36,39-42,46-50H,2-3,19-20,27-35H2,1,4-9H3/t36-,39-,40+,41+,42+,46-,47?,48-,49?,50+/m1/s1. The molecule has 0 amide bonds. The van der Waals surface area contributed by atoms with E-state index in [9.17, 15) is 8.42 Å². The van der Waals surface area contributed by atoms with Crippen LogP contribution >= 0.6 is 0 Å². The third kappa shape index (κ3) is 10.8. The molecule has 10 heteroatoms. The minimum Gasteiger partial charge on any atom is -0.407 e. The molecule has 62 heavy (non-hydrogen) atoms. The summed E-state index contributed by atoms with van der Waals surface area (Å²) in [4.78, 5) is 0.345. The Kier molecular flexibility index (Phi) is 14.9. The maximum Gasteiger partial charge on any atom is 0.261 e. The first-order chi connectivity index (χ1) is 29.5. The number of ether oxygens (including phenoxy) is 5. The summed E-state index contributed by atoms with van der Waals surface area (Å²) in [6, 6.07) is 30.4. The smallest absolute Gasteiger partial charge is 0.261 e. The Morgan fingerprint density at radius 2 is 1.37 bits per heavy atom. The maximum absolute atomic E-state index is 13.8. The molecule has 2 unspecified atom stereocenters. The molecule has 0 bridgehead atoms. The van der Waals surface area contributed by atoms with E-state index >= 15 is 0 Å². The zero-order valence-corrected chi connectivity index (χ0v) is 40.1. The van der Waals surface area contributed by atoms with Gasteiger partial charge in [-0.15, -0.1) is 0 Å². The lowest BCUT2D eigenvalue weighted by Crippen LogP contribution is -2.66. The predicted molar refractivity (Wildman–Crippen MR) is 250 cm³/mol. The van der Waals surface area contributed by atoms with Crippen molar-refractivity contribution >= 4 is 28.5 Å². The molecule has 10 atom stereocenters. The van der Waals surface area contributed by atoms with Crippen molar-refractivity contribution in [3.63, 3.8) is 0 Å². The largest absolute Gasteiger partial charge is 0.407 e. The Labute approximate surface area is 373 Å². The van der Waals surface area contributed by atoms with Gasteiger partial charge in [-0.2, -0.15) is 0 Å². The number of hydrogen-bond donors (Lipinski definition) is 0. The van der Waals surface area contributed by atoms with Crippen LogP contribution in [0.2, 0.25) is 5.04 Å². The summed E-state index contributed by atoms with van der Waals surface area (Å²) in [6.07, 6.45) is 5.85. The Hall–Kier alpha value is -2.93. The van der Waals surface area contributed by atoms with E-state index in [0.717, 1.165) is 49.7 Å². The van der Waals surface area contributed by atoms with Gasteiger partial charge >= 0.3 is 0 Å². The summed E-state index contributed by atoms with van der Waals surface area (Å²) in [7, 11) is -6.14. The lowest BCUT2D eigenvalue weighted by atomic mass is 9.82. The highest BCUT2D eigenvalue weighted by Gasteiger charge is 2.51. The van der Waals surface area contributed by atoms with Gasteiger partial charge in [0, 0.05) is 25.4 Å². The second-order valence-electron chi connectivity index (χ2n) is 20.1. The lowest BCUT2D eigenvalue weighted by Gasteiger charge is -2.43. The second kappa shape index (κ2) is 19.7. The van der Waals surface area contributed by atoms with Crippen molar-refractivity contribution in [2.24, 2.45) is 17.8 Å². The van der Waals surface area contributed by atoms with Crippen molar-refractivity contribution in [2.75, 3.05) is 19.0 Å². The average Bonchev–Trinajstić information content (AvgIpc) is 3.87. The van der Waals surface area contributed by atoms with Gasteiger partial charge in [-0.3, -0.25) is 0 Å². The highest BCUT2D eigenvalue weighted by Crippen LogP contribution is 2.44. The molecule has 3 aromatic rings. The monoisotopic (exact) mass is 884 g/mol. The van der Waals surface area contributed by atoms with E-state index in [1.165, 1.54) is 10.4 Å². The molecule has 338 valence electrons. The molecule has 4 aliphatic rings. The van der Waals surface area contributed by atoms with Crippen molar-refractivity contribution in [1.82, 2.24) is 0 Å². The van der Waals surface area contributed by atoms with Crippen LogP contribution in [0.3, 0.4) is 0 Å². The molecule has 3 aromatic carbocycles.